The van der Waals surface area contributed by atoms with E-state index in [0.717, 1.165) is 29.7 Å². The molecular formula is C33H39BrN2O6S. The van der Waals surface area contributed by atoms with Crippen LogP contribution in [0.3, 0.4) is 0 Å². The number of rotatable bonds is 10. The fourth-order valence-corrected chi connectivity index (χ4v) is 7.02. The van der Waals surface area contributed by atoms with Crippen molar-refractivity contribution in [3.63, 3.8) is 0 Å². The van der Waals surface area contributed by atoms with Crippen LogP contribution < -0.4 is 15.0 Å². The molecule has 2 aromatic carbocycles. The van der Waals surface area contributed by atoms with Gasteiger partial charge in [-0.15, -0.1) is 11.3 Å². The van der Waals surface area contributed by atoms with Crippen LogP contribution in [0.2, 0.25) is 0 Å². The van der Waals surface area contributed by atoms with E-state index < -0.39 is 17.5 Å². The van der Waals surface area contributed by atoms with Crippen LogP contribution in [-0.4, -0.2) is 43.8 Å². The summed E-state index contributed by atoms with van der Waals surface area (Å²) < 4.78 is 16.7. The lowest BCUT2D eigenvalue weighted by atomic mass is 9.89. The summed E-state index contributed by atoms with van der Waals surface area (Å²) in [6, 6.07) is 17.4. The number of benzene rings is 2. The lowest BCUT2D eigenvalue weighted by Crippen LogP contribution is -2.42. The van der Waals surface area contributed by atoms with Gasteiger partial charge in [-0.3, -0.25) is 4.90 Å². The Kier molecular flexibility index (Phi) is 11.3. The molecule has 1 aromatic heterocycles. The van der Waals surface area contributed by atoms with E-state index in [2.05, 4.69) is 21.2 Å². The normalized spacial score (nSPS) is 13.7. The smallest absolute Gasteiger partial charge is 0.351 e. The maximum Gasteiger partial charge on any atom is 0.351 e. The van der Waals surface area contributed by atoms with Crippen molar-refractivity contribution in [1.29, 1.82) is 0 Å². The minimum absolute atomic E-state index is 0.159. The van der Waals surface area contributed by atoms with E-state index in [-0.39, 0.29) is 23.3 Å². The topological polar surface area (TPSA) is 94.2 Å². The molecule has 0 bridgehead atoms. The Morgan fingerprint density at radius 3 is 2.42 bits per heavy atom. The minimum atomic E-state index is -0.667. The molecule has 1 fully saturated rings. The summed E-state index contributed by atoms with van der Waals surface area (Å²) in [5.74, 6) is -0.494. The van der Waals surface area contributed by atoms with E-state index in [9.17, 15) is 14.4 Å². The molecule has 1 aliphatic rings. The Morgan fingerprint density at radius 1 is 1.02 bits per heavy atom. The Labute approximate surface area is 265 Å². The number of anilines is 1. The summed E-state index contributed by atoms with van der Waals surface area (Å²) in [5, 5.41) is 3.09. The Balaban J connectivity index is 1.63. The van der Waals surface area contributed by atoms with Crippen molar-refractivity contribution in [2.75, 3.05) is 25.2 Å². The van der Waals surface area contributed by atoms with Crippen molar-refractivity contribution in [2.45, 2.75) is 65.0 Å². The van der Waals surface area contributed by atoms with E-state index in [1.54, 1.807) is 20.8 Å². The number of carbonyl (C=O) groups excluding carboxylic acids is 3. The number of urea groups is 1. The summed E-state index contributed by atoms with van der Waals surface area (Å²) in [6.45, 7) is 6.00. The van der Waals surface area contributed by atoms with Gasteiger partial charge < -0.3 is 19.5 Å². The summed E-state index contributed by atoms with van der Waals surface area (Å²) in [5.41, 5.74) is 1.90. The highest BCUT2D eigenvalue weighted by Crippen LogP contribution is 2.46. The molecule has 4 rings (SSSR count). The molecular weight excluding hydrogens is 632 g/mol. The van der Waals surface area contributed by atoms with Crippen LogP contribution in [-0.2, 0) is 20.8 Å². The van der Waals surface area contributed by atoms with Crippen molar-refractivity contribution >= 4 is 50.9 Å². The molecule has 230 valence electrons. The maximum absolute atomic E-state index is 13.6. The molecule has 43 heavy (non-hydrogen) atoms. The minimum Gasteiger partial charge on any atom is -0.479 e. The van der Waals surface area contributed by atoms with E-state index in [0.29, 0.717) is 28.4 Å². The molecule has 0 atom stereocenters. The number of thiophene rings is 1. The van der Waals surface area contributed by atoms with Gasteiger partial charge in [0, 0.05) is 18.8 Å². The average molecular weight is 672 g/mol. The molecule has 1 N–H and O–H groups in total. The Hall–Kier alpha value is -3.37. The molecule has 0 saturated heterocycles. The van der Waals surface area contributed by atoms with E-state index >= 15 is 0 Å². The Bertz CT molecular complexity index is 1410. The van der Waals surface area contributed by atoms with Gasteiger partial charge in [-0.2, -0.15) is 0 Å². The molecule has 1 aliphatic carbocycles. The highest BCUT2D eigenvalue weighted by Gasteiger charge is 2.28. The number of hydrogen-bond acceptors (Lipinski definition) is 7. The second kappa shape index (κ2) is 14.9. The summed E-state index contributed by atoms with van der Waals surface area (Å²) >= 11 is 4.79. The number of esters is 2. The highest BCUT2D eigenvalue weighted by atomic mass is 79.9. The first-order valence-electron chi connectivity index (χ1n) is 14.5. The zero-order chi connectivity index (χ0) is 31.0. The first-order valence-corrected chi connectivity index (χ1v) is 16.1. The van der Waals surface area contributed by atoms with Gasteiger partial charge in [0.1, 0.15) is 5.60 Å². The third kappa shape index (κ3) is 9.06. The van der Waals surface area contributed by atoms with Gasteiger partial charge >= 0.3 is 18.0 Å². The third-order valence-corrected chi connectivity index (χ3v) is 9.27. The second-order valence-corrected chi connectivity index (χ2v) is 13.4. The van der Waals surface area contributed by atoms with Crippen LogP contribution in [0, 0.1) is 5.92 Å². The molecule has 0 aliphatic heterocycles. The first-order chi connectivity index (χ1) is 20.6. The van der Waals surface area contributed by atoms with Gasteiger partial charge in [0.05, 0.1) is 16.5 Å². The zero-order valence-electron chi connectivity index (χ0n) is 25.1. The SMILES string of the molecule is COC(=O)c1sc(-c2cccc(N(CC3CCCCC3)C(=O)NCc3ccccc3)c2)c(Br)c1OCC(=O)OC(C)(C)C. The van der Waals surface area contributed by atoms with Crippen molar-refractivity contribution in [1.82, 2.24) is 5.32 Å². The number of ether oxygens (including phenoxy) is 3. The maximum atomic E-state index is 13.6. The first kappa shape index (κ1) is 32.5. The zero-order valence-corrected chi connectivity index (χ0v) is 27.5. The molecule has 1 heterocycles. The van der Waals surface area contributed by atoms with Gasteiger partial charge in [-0.1, -0.05) is 61.7 Å². The van der Waals surface area contributed by atoms with Crippen molar-refractivity contribution in [3.05, 3.63) is 69.5 Å². The van der Waals surface area contributed by atoms with Gasteiger partial charge in [0.15, 0.2) is 17.2 Å². The summed E-state index contributed by atoms with van der Waals surface area (Å²) in [4.78, 5) is 41.4. The van der Waals surface area contributed by atoms with Crippen LogP contribution in [0.5, 0.6) is 5.75 Å². The van der Waals surface area contributed by atoms with E-state index in [1.165, 1.54) is 37.7 Å². The van der Waals surface area contributed by atoms with Crippen LogP contribution in [0.25, 0.3) is 10.4 Å². The predicted molar refractivity (Wildman–Crippen MR) is 173 cm³/mol. The van der Waals surface area contributed by atoms with Gasteiger partial charge in [-0.05, 0) is 78.7 Å². The quantitative estimate of drug-likeness (QED) is 0.220. The fourth-order valence-electron chi connectivity index (χ4n) is 5.06. The molecule has 0 unspecified atom stereocenters. The van der Waals surface area contributed by atoms with Crippen molar-refractivity contribution < 1.29 is 28.6 Å². The molecule has 1 saturated carbocycles. The number of methoxy groups -OCH3 is 1. The van der Waals surface area contributed by atoms with Crippen LogP contribution in [0.15, 0.2) is 59.1 Å². The second-order valence-electron chi connectivity index (χ2n) is 11.6. The van der Waals surface area contributed by atoms with Gasteiger partial charge in [0.2, 0.25) is 0 Å². The number of carbonyl (C=O) groups is 3. The summed E-state index contributed by atoms with van der Waals surface area (Å²) in [6.07, 6.45) is 5.78. The summed E-state index contributed by atoms with van der Waals surface area (Å²) in [7, 11) is 1.30. The number of hydrogen-bond donors (Lipinski definition) is 1. The fraction of sp³-hybridized carbons (Fsp3) is 0.424. The number of nitrogens with one attached hydrogen (secondary N) is 1. The predicted octanol–water partition coefficient (Wildman–Crippen LogP) is 7.98. The third-order valence-electron chi connectivity index (χ3n) is 7.05. The van der Waals surface area contributed by atoms with Gasteiger partial charge in [-0.25, -0.2) is 14.4 Å². The van der Waals surface area contributed by atoms with Crippen LogP contribution >= 0.6 is 27.3 Å². The molecule has 3 aromatic rings. The number of amides is 2. The largest absolute Gasteiger partial charge is 0.479 e. The number of halogens is 1. The van der Waals surface area contributed by atoms with E-state index in [1.807, 2.05) is 59.5 Å². The van der Waals surface area contributed by atoms with Crippen molar-refractivity contribution in [3.8, 4) is 16.2 Å². The molecule has 2 amide bonds. The monoisotopic (exact) mass is 670 g/mol. The molecule has 10 heteroatoms. The highest BCUT2D eigenvalue weighted by molar-refractivity contribution is 9.10. The lowest BCUT2D eigenvalue weighted by molar-refractivity contribution is -0.157. The lowest BCUT2D eigenvalue weighted by Gasteiger charge is -2.30. The average Bonchev–Trinajstić information content (AvgIpc) is 3.33. The van der Waals surface area contributed by atoms with Crippen molar-refractivity contribution in [2.24, 2.45) is 5.92 Å². The number of nitrogens with zero attached hydrogens (tertiary/aromatic N) is 1. The van der Waals surface area contributed by atoms with Gasteiger partial charge in [0.25, 0.3) is 0 Å². The van der Waals surface area contributed by atoms with E-state index in [4.69, 9.17) is 14.2 Å². The molecule has 0 spiro atoms. The van der Waals surface area contributed by atoms with Crippen LogP contribution in [0.4, 0.5) is 10.5 Å². The van der Waals surface area contributed by atoms with Crippen LogP contribution in [0.1, 0.15) is 68.1 Å². The Morgan fingerprint density at radius 2 is 1.74 bits per heavy atom. The molecule has 8 nitrogen and oxygen atoms in total. The standard InChI is InChI=1S/C33H39BrN2O6S/c1-33(2,3)42-26(37)21-41-28-27(34)29(43-30(28)31(38)40-4)24-16-11-17-25(18-24)36(20-23-14-9-6-10-15-23)32(39)35-19-22-12-7-5-8-13-22/h5,7-8,11-13,16-18,23H,6,9-10,14-15,19-21H2,1-4H3,(H,35,39). The molecule has 0 radical (unpaired) electrons.